The van der Waals surface area contributed by atoms with Crippen molar-refractivity contribution >= 4 is 22.5 Å². The first-order valence-corrected chi connectivity index (χ1v) is 11.8. The van der Waals surface area contributed by atoms with Crippen LogP contribution in [0, 0.1) is 0 Å². The second kappa shape index (κ2) is 8.25. The smallest absolute Gasteiger partial charge is 0.325 e. The molecule has 34 heavy (non-hydrogen) atoms. The number of carbonyl (C=O) groups is 1. The normalized spacial score (nSPS) is 20.5. The molecule has 3 aromatic heterocycles. The number of fused-ring (bicyclic) bond motifs is 1. The van der Waals surface area contributed by atoms with Crippen LogP contribution in [0.1, 0.15) is 66.7 Å². The molecule has 0 atom stereocenters. The van der Waals surface area contributed by atoms with Crippen LogP contribution in [0.3, 0.4) is 0 Å². The van der Waals surface area contributed by atoms with Crippen molar-refractivity contribution in [1.82, 2.24) is 19.6 Å². The molecule has 2 aliphatic carbocycles. The third-order valence-corrected chi connectivity index (χ3v) is 6.90. The first-order valence-electron chi connectivity index (χ1n) is 11.8. The number of pyridine rings is 1. The number of aliphatic hydroxyl groups excluding tert-OH is 1. The Labute approximate surface area is 196 Å². The van der Waals surface area contributed by atoms with E-state index in [0.29, 0.717) is 17.3 Å². The molecular formula is C25H27N6O3+. The summed E-state index contributed by atoms with van der Waals surface area (Å²) in [5, 5.41) is 33.5. The predicted octanol–water partition coefficient (Wildman–Crippen LogP) is 3.35. The standard InChI is InChI=1S/C25H26N6O3/c32-19-9-7-18(8-10-19)30-15-17-13-21(24(14-20(17)28-30)29-12-2-11-26-29)27-25(33)23-4-1-3-22(31(23)34)16-5-6-16/h1-4,11-16,18-19,32H,5-10H2,(H-,27,33,34)/p+1/t18-,19-. The predicted molar refractivity (Wildman–Crippen MR) is 124 cm³/mol. The molecule has 2 fully saturated rings. The summed E-state index contributed by atoms with van der Waals surface area (Å²) in [6, 6.07) is 11.2. The van der Waals surface area contributed by atoms with E-state index in [1.807, 2.05) is 41.3 Å². The van der Waals surface area contributed by atoms with Crippen molar-refractivity contribution in [2.24, 2.45) is 0 Å². The van der Waals surface area contributed by atoms with Crippen LogP contribution in [-0.4, -0.2) is 41.9 Å². The molecule has 1 amide bonds. The summed E-state index contributed by atoms with van der Waals surface area (Å²) >= 11 is 0. The summed E-state index contributed by atoms with van der Waals surface area (Å²) in [7, 11) is 0. The van der Waals surface area contributed by atoms with Crippen molar-refractivity contribution in [2.45, 2.75) is 56.6 Å². The number of benzene rings is 1. The summed E-state index contributed by atoms with van der Waals surface area (Å²) in [5.74, 6) is -0.0908. The number of amides is 1. The molecule has 0 radical (unpaired) electrons. The van der Waals surface area contributed by atoms with E-state index >= 15 is 0 Å². The number of aromatic nitrogens is 5. The van der Waals surface area contributed by atoms with E-state index in [0.717, 1.165) is 59.9 Å². The van der Waals surface area contributed by atoms with Crippen LogP contribution >= 0.6 is 0 Å². The highest BCUT2D eigenvalue weighted by Gasteiger charge is 2.35. The number of hydrogen-bond donors (Lipinski definition) is 3. The molecule has 9 nitrogen and oxygen atoms in total. The minimum Gasteiger partial charge on any atom is -0.393 e. The maximum Gasteiger partial charge on any atom is 0.325 e. The van der Waals surface area contributed by atoms with Gasteiger partial charge in [0, 0.05) is 46.8 Å². The van der Waals surface area contributed by atoms with Crippen molar-refractivity contribution < 1.29 is 19.8 Å². The summed E-state index contributed by atoms with van der Waals surface area (Å²) < 4.78 is 4.68. The third kappa shape index (κ3) is 3.81. The highest BCUT2D eigenvalue weighted by Crippen LogP contribution is 2.38. The molecular weight excluding hydrogens is 432 g/mol. The molecule has 3 heterocycles. The average Bonchev–Trinajstić information content (AvgIpc) is 3.36. The number of nitrogens with zero attached hydrogens (tertiary/aromatic N) is 5. The number of hydrogen-bond acceptors (Lipinski definition) is 5. The highest BCUT2D eigenvalue weighted by molar-refractivity contribution is 6.04. The van der Waals surface area contributed by atoms with E-state index in [9.17, 15) is 15.1 Å². The molecule has 2 saturated carbocycles. The van der Waals surface area contributed by atoms with Gasteiger partial charge in [-0.3, -0.25) is 14.7 Å². The van der Waals surface area contributed by atoms with Gasteiger partial charge in [-0.05, 0) is 62.8 Å². The second-order valence-electron chi connectivity index (χ2n) is 9.33. The van der Waals surface area contributed by atoms with Crippen LogP contribution in [0.4, 0.5) is 5.69 Å². The molecule has 4 aromatic rings. The average molecular weight is 460 g/mol. The molecule has 9 heteroatoms. The zero-order valence-electron chi connectivity index (χ0n) is 18.7. The van der Waals surface area contributed by atoms with E-state index in [1.54, 1.807) is 23.0 Å². The zero-order chi connectivity index (χ0) is 23.2. The Morgan fingerprint density at radius 3 is 2.65 bits per heavy atom. The molecule has 2 aliphatic rings. The van der Waals surface area contributed by atoms with Crippen LogP contribution in [0.2, 0.25) is 0 Å². The van der Waals surface area contributed by atoms with Crippen molar-refractivity contribution in [3.63, 3.8) is 0 Å². The van der Waals surface area contributed by atoms with Gasteiger partial charge in [-0.2, -0.15) is 10.2 Å². The summed E-state index contributed by atoms with van der Waals surface area (Å²) in [4.78, 5) is 13.2. The summed E-state index contributed by atoms with van der Waals surface area (Å²) in [6.45, 7) is 0. The molecule has 174 valence electrons. The lowest BCUT2D eigenvalue weighted by atomic mass is 9.93. The van der Waals surface area contributed by atoms with Gasteiger partial charge in [-0.25, -0.2) is 4.68 Å². The van der Waals surface area contributed by atoms with E-state index < -0.39 is 5.91 Å². The van der Waals surface area contributed by atoms with E-state index in [2.05, 4.69) is 10.4 Å². The SMILES string of the molecule is O=C(Nc1cc2cn([C@H]3CC[C@H](O)CC3)nc2cc1-n1cccn1)c1cccc(C2CC2)[n+]1O. The van der Waals surface area contributed by atoms with Gasteiger partial charge >= 0.3 is 11.6 Å². The molecule has 1 aromatic carbocycles. The molecule has 0 bridgehead atoms. The second-order valence-corrected chi connectivity index (χ2v) is 9.33. The number of nitrogens with one attached hydrogen (secondary N) is 1. The summed E-state index contributed by atoms with van der Waals surface area (Å²) in [6.07, 6.45) is 10.7. The Hall–Kier alpha value is -3.72. The Morgan fingerprint density at radius 1 is 1.09 bits per heavy atom. The van der Waals surface area contributed by atoms with Gasteiger partial charge in [0.1, 0.15) is 0 Å². The molecule has 6 rings (SSSR count). The largest absolute Gasteiger partial charge is 0.393 e. The Kier molecular flexibility index (Phi) is 5.06. The van der Waals surface area contributed by atoms with Crippen molar-refractivity contribution in [1.29, 1.82) is 0 Å². The van der Waals surface area contributed by atoms with Gasteiger partial charge in [-0.15, -0.1) is 0 Å². The van der Waals surface area contributed by atoms with Crippen LogP contribution in [-0.2, 0) is 0 Å². The maximum absolute atomic E-state index is 13.2. The van der Waals surface area contributed by atoms with Crippen molar-refractivity contribution in [3.8, 4) is 5.69 Å². The number of carbonyl (C=O) groups excluding carboxylic acids is 1. The van der Waals surface area contributed by atoms with Crippen molar-refractivity contribution in [2.75, 3.05) is 5.32 Å². The van der Waals surface area contributed by atoms with E-state index in [-0.39, 0.29) is 17.8 Å². The van der Waals surface area contributed by atoms with Gasteiger partial charge in [0.2, 0.25) is 5.69 Å². The fraction of sp³-hybridized carbons (Fsp3) is 0.360. The van der Waals surface area contributed by atoms with Crippen molar-refractivity contribution in [3.05, 3.63) is 66.4 Å². The fourth-order valence-electron chi connectivity index (χ4n) is 4.86. The van der Waals surface area contributed by atoms with Crippen LogP contribution in [0.25, 0.3) is 16.6 Å². The highest BCUT2D eigenvalue weighted by atomic mass is 16.5. The van der Waals surface area contributed by atoms with Crippen LogP contribution in [0.5, 0.6) is 0 Å². The summed E-state index contributed by atoms with van der Waals surface area (Å²) in [5.41, 5.74) is 3.03. The van der Waals surface area contributed by atoms with Crippen LogP contribution in [0.15, 0.2) is 55.0 Å². The lowest BCUT2D eigenvalue weighted by Crippen LogP contribution is -2.43. The lowest BCUT2D eigenvalue weighted by molar-refractivity contribution is -0.910. The van der Waals surface area contributed by atoms with Gasteiger partial charge in [0.15, 0.2) is 0 Å². The Bertz CT molecular complexity index is 1350. The van der Waals surface area contributed by atoms with Crippen LogP contribution < -0.4 is 10.0 Å². The topological polar surface area (TPSA) is 109 Å². The number of anilines is 1. The quantitative estimate of drug-likeness (QED) is 0.313. The number of rotatable bonds is 5. The number of aliphatic hydroxyl groups is 1. The minimum absolute atomic E-state index is 0.187. The fourth-order valence-corrected chi connectivity index (χ4v) is 4.86. The van der Waals surface area contributed by atoms with E-state index in [1.165, 1.54) is 0 Å². The van der Waals surface area contributed by atoms with Gasteiger partial charge < -0.3 is 10.4 Å². The van der Waals surface area contributed by atoms with Gasteiger partial charge in [0.25, 0.3) is 0 Å². The molecule has 0 saturated heterocycles. The Morgan fingerprint density at radius 2 is 1.91 bits per heavy atom. The minimum atomic E-state index is -0.397. The lowest BCUT2D eigenvalue weighted by Gasteiger charge is -2.25. The molecule has 0 unspecified atom stereocenters. The third-order valence-electron chi connectivity index (χ3n) is 6.90. The molecule has 3 N–H and O–H groups in total. The first kappa shape index (κ1) is 20.9. The zero-order valence-corrected chi connectivity index (χ0v) is 18.7. The molecule has 0 spiro atoms. The maximum atomic E-state index is 13.2. The first-order chi connectivity index (χ1) is 16.6. The van der Waals surface area contributed by atoms with E-state index in [4.69, 9.17) is 5.10 Å². The monoisotopic (exact) mass is 459 g/mol. The van der Waals surface area contributed by atoms with Gasteiger partial charge in [0.05, 0.1) is 29.0 Å². The molecule has 0 aliphatic heterocycles. The Balaban J connectivity index is 1.36. The van der Waals surface area contributed by atoms with Gasteiger partial charge in [-0.1, -0.05) is 0 Å².